The van der Waals surface area contributed by atoms with Gasteiger partial charge in [-0.3, -0.25) is 0 Å². The number of anilines is 3. The molecule has 1 aliphatic carbocycles. The van der Waals surface area contributed by atoms with Crippen molar-refractivity contribution in [2.75, 3.05) is 10.6 Å². The fraction of sp³-hybridized carbons (Fsp3) is 0.103. The maximum atomic E-state index is 6.06. The van der Waals surface area contributed by atoms with Gasteiger partial charge in [0, 0.05) is 28.1 Å². The topological polar surface area (TPSA) is 64.5 Å². The lowest BCUT2D eigenvalue weighted by Crippen LogP contribution is -2.24. The van der Waals surface area contributed by atoms with Crippen LogP contribution >= 0.6 is 0 Å². The Kier molecular flexibility index (Phi) is 7.09. The van der Waals surface area contributed by atoms with Crippen molar-refractivity contribution in [3.8, 4) is 17.2 Å². The summed E-state index contributed by atoms with van der Waals surface area (Å²) < 4.78 is 12.0. The van der Waals surface area contributed by atoms with Crippen LogP contribution in [0.3, 0.4) is 0 Å². The Labute approximate surface area is 257 Å². The van der Waals surface area contributed by atoms with Crippen molar-refractivity contribution in [2.45, 2.75) is 25.4 Å². The number of benzene rings is 4. The lowest BCUT2D eigenvalue weighted by atomic mass is 9.77. The number of hydrogen-bond acceptors (Lipinski definition) is 5. The fourth-order valence-electron chi connectivity index (χ4n) is 5.51. The first-order valence-corrected chi connectivity index (χ1v) is 14.7. The minimum atomic E-state index is -0.113. The molecule has 0 fully saturated rings. The van der Waals surface area contributed by atoms with E-state index in [9.17, 15) is 0 Å². The molecule has 0 saturated heterocycles. The van der Waals surface area contributed by atoms with Crippen molar-refractivity contribution in [2.24, 2.45) is 0 Å². The lowest BCUT2D eigenvalue weighted by Gasteiger charge is -2.33. The summed E-state index contributed by atoms with van der Waals surface area (Å²) in [5.41, 5.74) is 14.6. The summed E-state index contributed by atoms with van der Waals surface area (Å²) in [5, 5.41) is 0. The molecule has 5 heteroatoms. The average Bonchev–Trinajstić information content (AvgIpc) is 3.51. The molecule has 0 aliphatic heterocycles. The number of ether oxygens (including phenoxy) is 1. The zero-order chi connectivity index (χ0) is 29.9. The third-order valence-corrected chi connectivity index (χ3v) is 8.11. The Hall–Kier alpha value is -5.73. The maximum absolute atomic E-state index is 6.06. The standard InChI is InChI=1S/C39H31N3O2/c1-39(30-9-3-2-4-10-30)25-23-33(24-26-39)42(31-19-15-28(16-20-31)27-43-36-13-7-5-11-34(36)40)32-21-17-29(18-22-32)38-41-35-12-6-8-14-37(35)44-38/h3,5-25H,26-27,40H2,1H3. The summed E-state index contributed by atoms with van der Waals surface area (Å²) in [5.74, 6) is 1.30. The first-order valence-electron chi connectivity index (χ1n) is 14.7. The zero-order valence-electron chi connectivity index (χ0n) is 24.4. The van der Waals surface area contributed by atoms with Gasteiger partial charge in [0.05, 0.1) is 5.69 Å². The second-order valence-electron chi connectivity index (χ2n) is 11.2. The van der Waals surface area contributed by atoms with E-state index in [2.05, 4.69) is 102 Å². The third kappa shape index (κ3) is 5.42. The lowest BCUT2D eigenvalue weighted by molar-refractivity contribution is 0.308. The van der Waals surface area contributed by atoms with Crippen LogP contribution in [0.4, 0.5) is 17.1 Å². The fourth-order valence-corrected chi connectivity index (χ4v) is 5.51. The Morgan fingerprint density at radius 1 is 0.886 bits per heavy atom. The molecule has 0 amide bonds. The Morgan fingerprint density at radius 3 is 2.34 bits per heavy atom. The normalized spacial score (nSPS) is 15.9. The molecule has 44 heavy (non-hydrogen) atoms. The van der Waals surface area contributed by atoms with Crippen molar-refractivity contribution in [3.63, 3.8) is 0 Å². The molecule has 0 bridgehead atoms. The smallest absolute Gasteiger partial charge is 0.227 e. The highest BCUT2D eigenvalue weighted by Crippen LogP contribution is 2.39. The number of aromatic nitrogens is 1. The molecule has 0 saturated carbocycles. The van der Waals surface area contributed by atoms with Crippen molar-refractivity contribution >= 4 is 28.2 Å². The number of para-hydroxylation sites is 4. The van der Waals surface area contributed by atoms with E-state index in [0.717, 1.165) is 45.7 Å². The van der Waals surface area contributed by atoms with Gasteiger partial charge < -0.3 is 19.8 Å². The van der Waals surface area contributed by atoms with E-state index in [1.807, 2.05) is 60.7 Å². The van der Waals surface area contributed by atoms with Gasteiger partial charge in [0.15, 0.2) is 5.58 Å². The van der Waals surface area contributed by atoms with Crippen molar-refractivity contribution in [3.05, 3.63) is 162 Å². The van der Waals surface area contributed by atoms with Gasteiger partial charge in [0.1, 0.15) is 17.9 Å². The molecule has 5 aromatic carbocycles. The van der Waals surface area contributed by atoms with Crippen LogP contribution in [0, 0.1) is 12.1 Å². The van der Waals surface area contributed by atoms with Crippen LogP contribution in [0.15, 0.2) is 144 Å². The van der Waals surface area contributed by atoms with E-state index in [-0.39, 0.29) is 5.41 Å². The van der Waals surface area contributed by atoms with Gasteiger partial charge in [-0.2, -0.15) is 0 Å². The van der Waals surface area contributed by atoms with Crippen LogP contribution in [-0.2, 0) is 12.0 Å². The summed E-state index contributed by atoms with van der Waals surface area (Å²) in [6, 6.07) is 44.4. The number of hydrogen-bond donors (Lipinski definition) is 1. The monoisotopic (exact) mass is 573 g/mol. The van der Waals surface area contributed by atoms with Gasteiger partial charge >= 0.3 is 0 Å². The molecule has 1 atom stereocenters. The van der Waals surface area contributed by atoms with E-state index in [1.54, 1.807) is 0 Å². The Morgan fingerprint density at radius 2 is 1.64 bits per heavy atom. The third-order valence-electron chi connectivity index (χ3n) is 8.11. The Balaban J connectivity index is 1.19. The van der Waals surface area contributed by atoms with Crippen LogP contribution < -0.4 is 15.4 Å². The number of fused-ring (bicyclic) bond motifs is 1. The molecule has 1 unspecified atom stereocenters. The van der Waals surface area contributed by atoms with Crippen molar-refractivity contribution < 1.29 is 9.15 Å². The summed E-state index contributed by atoms with van der Waals surface area (Å²) in [7, 11) is 0. The highest BCUT2D eigenvalue weighted by molar-refractivity contribution is 5.77. The largest absolute Gasteiger partial charge is 0.487 e. The molecule has 6 aromatic rings. The zero-order valence-corrected chi connectivity index (χ0v) is 24.4. The summed E-state index contributed by atoms with van der Waals surface area (Å²) in [6.45, 7) is 2.69. The summed E-state index contributed by atoms with van der Waals surface area (Å²) in [4.78, 5) is 6.95. The second kappa shape index (κ2) is 11.5. The molecule has 5 nitrogen and oxygen atoms in total. The van der Waals surface area contributed by atoms with Crippen LogP contribution in [0.1, 0.15) is 24.5 Å². The molecular weight excluding hydrogens is 542 g/mol. The number of nitrogen functional groups attached to an aromatic ring is 1. The summed E-state index contributed by atoms with van der Waals surface area (Å²) in [6.07, 6.45) is 7.67. The highest BCUT2D eigenvalue weighted by atomic mass is 16.5. The average molecular weight is 574 g/mol. The number of allylic oxidation sites excluding steroid dienone is 3. The van der Waals surface area contributed by atoms with Gasteiger partial charge in [0.25, 0.3) is 0 Å². The second-order valence-corrected chi connectivity index (χ2v) is 11.2. The molecule has 214 valence electrons. The van der Waals surface area contributed by atoms with E-state index < -0.39 is 0 Å². The van der Waals surface area contributed by atoms with Crippen molar-refractivity contribution in [1.82, 2.24) is 4.98 Å². The highest BCUT2D eigenvalue weighted by Gasteiger charge is 2.27. The predicted octanol–water partition coefficient (Wildman–Crippen LogP) is 9.20. The number of rotatable bonds is 8. The molecule has 1 aliphatic rings. The predicted molar refractivity (Wildman–Crippen MR) is 177 cm³/mol. The van der Waals surface area contributed by atoms with E-state index in [0.29, 0.717) is 23.9 Å². The molecule has 1 heterocycles. The minimum Gasteiger partial charge on any atom is -0.487 e. The summed E-state index contributed by atoms with van der Waals surface area (Å²) >= 11 is 0. The molecule has 1 aromatic heterocycles. The number of nitrogens with zero attached hydrogens (tertiary/aromatic N) is 2. The first kappa shape index (κ1) is 27.1. The molecule has 0 radical (unpaired) electrons. The first-order chi connectivity index (χ1) is 21.6. The Bertz CT molecular complexity index is 1920. The molecular formula is C39H31N3O2. The van der Waals surface area contributed by atoms with Crippen LogP contribution in [0.25, 0.3) is 22.6 Å². The molecule has 7 rings (SSSR count). The van der Waals surface area contributed by atoms with Crippen LogP contribution in [0.2, 0.25) is 0 Å². The maximum Gasteiger partial charge on any atom is 0.227 e. The number of nitrogens with two attached hydrogens (primary N) is 1. The van der Waals surface area contributed by atoms with Crippen molar-refractivity contribution in [1.29, 1.82) is 0 Å². The van der Waals surface area contributed by atoms with Crippen LogP contribution in [0.5, 0.6) is 5.75 Å². The van der Waals surface area contributed by atoms with Gasteiger partial charge in [-0.25, -0.2) is 4.98 Å². The van der Waals surface area contributed by atoms with Gasteiger partial charge in [-0.1, -0.05) is 67.6 Å². The SMILES string of the molecule is CC1(c2cc#ccc2)C=CC(N(c2ccc(COc3ccccc3N)cc2)c2ccc(-c3nc4ccccc4o3)cc2)=CC1. The molecule has 2 N–H and O–H groups in total. The quantitative estimate of drug-likeness (QED) is 0.184. The van der Waals surface area contributed by atoms with Crippen LogP contribution in [-0.4, -0.2) is 4.98 Å². The van der Waals surface area contributed by atoms with Gasteiger partial charge in [-0.05, 0) is 102 Å². The van der Waals surface area contributed by atoms with E-state index >= 15 is 0 Å². The van der Waals surface area contributed by atoms with E-state index in [1.165, 1.54) is 5.56 Å². The van der Waals surface area contributed by atoms with Gasteiger partial charge in [-0.15, -0.1) is 0 Å². The number of oxazole rings is 1. The van der Waals surface area contributed by atoms with E-state index in [4.69, 9.17) is 14.9 Å². The van der Waals surface area contributed by atoms with Gasteiger partial charge in [0.2, 0.25) is 5.89 Å². The minimum absolute atomic E-state index is 0.113. The molecule has 0 spiro atoms.